The molecule has 202 valence electrons. The van der Waals surface area contributed by atoms with Crippen LogP contribution in [0.5, 0.6) is 0 Å². The molecule has 0 atom stereocenters. The Morgan fingerprint density at radius 3 is 2.15 bits per heavy atom. The van der Waals surface area contributed by atoms with Gasteiger partial charge in [0, 0.05) is 7.05 Å². The monoisotopic (exact) mass is 545 g/mol. The molecule has 4 rings (SSSR count). The fraction of sp³-hybridized carbons (Fsp3) is 0.207. The summed E-state index contributed by atoms with van der Waals surface area (Å²) >= 11 is 0. The zero-order valence-electron chi connectivity index (χ0n) is 22.3. The van der Waals surface area contributed by atoms with Gasteiger partial charge >= 0.3 is 0 Å². The summed E-state index contributed by atoms with van der Waals surface area (Å²) < 4.78 is 31.3. The van der Waals surface area contributed by atoms with Crippen LogP contribution in [0.2, 0.25) is 0 Å². The highest BCUT2D eigenvalue weighted by Crippen LogP contribution is 2.25. The van der Waals surface area contributed by atoms with Crippen LogP contribution in [0.3, 0.4) is 0 Å². The van der Waals surface area contributed by atoms with E-state index < -0.39 is 28.0 Å². The molecular weight excluding hydrogens is 514 g/mol. The number of benzene rings is 3. The van der Waals surface area contributed by atoms with Gasteiger partial charge in [0.25, 0.3) is 21.5 Å². The molecule has 0 aliphatic carbocycles. The van der Waals surface area contributed by atoms with E-state index >= 15 is 0 Å². The number of para-hydroxylation sites is 1. The molecule has 0 aliphatic heterocycles. The van der Waals surface area contributed by atoms with Gasteiger partial charge in [-0.2, -0.15) is 5.10 Å². The van der Waals surface area contributed by atoms with Crippen molar-refractivity contribution in [3.05, 3.63) is 112 Å². The number of rotatable bonds is 9. The molecule has 1 heterocycles. The predicted molar refractivity (Wildman–Crippen MR) is 153 cm³/mol. The first-order valence-corrected chi connectivity index (χ1v) is 13.9. The molecule has 0 saturated carbocycles. The van der Waals surface area contributed by atoms with Crippen molar-refractivity contribution in [2.24, 2.45) is 12.1 Å². The molecule has 9 nitrogen and oxygen atoms in total. The van der Waals surface area contributed by atoms with Gasteiger partial charge in [0.2, 0.25) is 0 Å². The Kier molecular flexibility index (Phi) is 8.15. The molecule has 39 heavy (non-hydrogen) atoms. The first kappa shape index (κ1) is 27.6. The standard InChI is InChI=1S/C29H31N5O4S/c1-21(2)24-17-15-23(16-18-24)19-30-31-27(35)20-33(39(37,38)26-13-9-6-10-14-26)28-22(3)32(4)34(29(28)36)25-11-7-5-8-12-25/h5-19,21H,20H2,1-4H3,(H,31,35)/b30-19-. The normalized spacial score (nSPS) is 11.7. The van der Waals surface area contributed by atoms with Crippen LogP contribution in [0, 0.1) is 6.92 Å². The molecular formula is C29H31N5O4S. The van der Waals surface area contributed by atoms with Gasteiger partial charge < -0.3 is 0 Å². The Morgan fingerprint density at radius 2 is 1.56 bits per heavy atom. The predicted octanol–water partition coefficient (Wildman–Crippen LogP) is 3.95. The van der Waals surface area contributed by atoms with Crippen molar-refractivity contribution in [2.75, 3.05) is 10.8 Å². The van der Waals surface area contributed by atoms with E-state index in [0.29, 0.717) is 17.3 Å². The SMILES string of the molecule is Cc1c(N(CC(=O)N/N=C\c2ccc(C(C)C)cc2)S(=O)(=O)c2ccccc2)c(=O)n(-c2ccccc2)n1C. The van der Waals surface area contributed by atoms with Gasteiger partial charge in [-0.05, 0) is 48.2 Å². The summed E-state index contributed by atoms with van der Waals surface area (Å²) in [5, 5.41) is 4.00. The maximum absolute atomic E-state index is 13.8. The molecule has 0 unspecified atom stereocenters. The molecule has 1 aromatic heterocycles. The van der Waals surface area contributed by atoms with Gasteiger partial charge in [-0.25, -0.2) is 22.8 Å². The van der Waals surface area contributed by atoms with E-state index in [0.717, 1.165) is 9.87 Å². The van der Waals surface area contributed by atoms with Crippen LogP contribution < -0.4 is 15.3 Å². The molecule has 10 heteroatoms. The second-order valence-electron chi connectivity index (χ2n) is 9.35. The van der Waals surface area contributed by atoms with Crippen molar-refractivity contribution in [1.82, 2.24) is 14.8 Å². The van der Waals surface area contributed by atoms with Crippen LogP contribution in [-0.2, 0) is 21.9 Å². The van der Waals surface area contributed by atoms with Crippen LogP contribution >= 0.6 is 0 Å². The summed E-state index contributed by atoms with van der Waals surface area (Å²) in [6.07, 6.45) is 1.48. The fourth-order valence-corrected chi connectivity index (χ4v) is 5.65. The summed E-state index contributed by atoms with van der Waals surface area (Å²) in [4.78, 5) is 26.6. The van der Waals surface area contributed by atoms with Gasteiger partial charge in [-0.1, -0.05) is 74.5 Å². The van der Waals surface area contributed by atoms with Crippen LogP contribution in [-0.4, -0.2) is 36.4 Å². The number of carbonyl (C=O) groups is 1. The zero-order chi connectivity index (χ0) is 28.2. The Hall–Kier alpha value is -4.44. The van der Waals surface area contributed by atoms with Crippen LogP contribution in [0.25, 0.3) is 5.69 Å². The second-order valence-corrected chi connectivity index (χ2v) is 11.2. The maximum Gasteiger partial charge on any atom is 0.296 e. The number of hydrogen-bond donors (Lipinski definition) is 1. The molecule has 0 aliphatic rings. The summed E-state index contributed by atoms with van der Waals surface area (Å²) in [5.74, 6) is -0.306. The largest absolute Gasteiger partial charge is 0.296 e. The number of nitrogens with one attached hydrogen (secondary N) is 1. The number of hydrazone groups is 1. The Morgan fingerprint density at radius 1 is 0.974 bits per heavy atom. The molecule has 1 amide bonds. The van der Waals surface area contributed by atoms with Gasteiger partial charge in [0.05, 0.1) is 22.5 Å². The van der Waals surface area contributed by atoms with E-state index in [4.69, 9.17) is 0 Å². The molecule has 3 aromatic carbocycles. The Balaban J connectivity index is 1.69. The zero-order valence-corrected chi connectivity index (χ0v) is 23.1. The quantitative estimate of drug-likeness (QED) is 0.254. The minimum atomic E-state index is -4.28. The van der Waals surface area contributed by atoms with Crippen molar-refractivity contribution in [3.8, 4) is 5.69 Å². The lowest BCUT2D eigenvalue weighted by Crippen LogP contribution is -2.42. The molecule has 0 saturated heterocycles. The van der Waals surface area contributed by atoms with E-state index in [1.54, 1.807) is 61.1 Å². The molecule has 0 radical (unpaired) electrons. The number of nitrogens with zero attached hydrogens (tertiary/aromatic N) is 4. The van der Waals surface area contributed by atoms with E-state index in [1.807, 2.05) is 30.3 Å². The number of sulfonamides is 1. The van der Waals surface area contributed by atoms with E-state index in [2.05, 4.69) is 24.4 Å². The van der Waals surface area contributed by atoms with Gasteiger partial charge in [0.1, 0.15) is 12.2 Å². The molecule has 0 fully saturated rings. The van der Waals surface area contributed by atoms with Crippen molar-refractivity contribution < 1.29 is 13.2 Å². The lowest BCUT2D eigenvalue weighted by atomic mass is 10.0. The number of amides is 1. The molecule has 0 bridgehead atoms. The van der Waals surface area contributed by atoms with Crippen molar-refractivity contribution in [2.45, 2.75) is 31.6 Å². The summed E-state index contributed by atoms with van der Waals surface area (Å²) in [7, 11) is -2.61. The number of aromatic nitrogens is 2. The molecule has 1 N–H and O–H groups in total. The molecule has 0 spiro atoms. The minimum Gasteiger partial charge on any atom is -0.283 e. The van der Waals surface area contributed by atoms with Crippen LogP contribution in [0.4, 0.5) is 5.69 Å². The highest BCUT2D eigenvalue weighted by Gasteiger charge is 2.33. The molecule has 4 aromatic rings. The van der Waals surface area contributed by atoms with E-state index in [9.17, 15) is 18.0 Å². The second kappa shape index (κ2) is 11.5. The van der Waals surface area contributed by atoms with Crippen molar-refractivity contribution in [1.29, 1.82) is 0 Å². The Labute approximate surface area is 228 Å². The number of anilines is 1. The highest BCUT2D eigenvalue weighted by molar-refractivity contribution is 7.92. The first-order valence-electron chi connectivity index (χ1n) is 12.4. The van der Waals surface area contributed by atoms with Crippen LogP contribution in [0.15, 0.2) is 99.7 Å². The first-order chi connectivity index (χ1) is 18.6. The van der Waals surface area contributed by atoms with Crippen molar-refractivity contribution in [3.63, 3.8) is 0 Å². The van der Waals surface area contributed by atoms with Crippen molar-refractivity contribution >= 4 is 27.8 Å². The van der Waals surface area contributed by atoms with Crippen LogP contribution in [0.1, 0.15) is 36.6 Å². The summed E-state index contributed by atoms with van der Waals surface area (Å²) in [6, 6.07) is 24.3. The van der Waals surface area contributed by atoms with Gasteiger partial charge in [0.15, 0.2) is 0 Å². The highest BCUT2D eigenvalue weighted by atomic mass is 32.2. The van der Waals surface area contributed by atoms with Gasteiger partial charge in [-0.3, -0.25) is 14.3 Å². The average Bonchev–Trinajstić information content (AvgIpc) is 3.15. The third-order valence-corrected chi connectivity index (χ3v) is 8.16. The third kappa shape index (κ3) is 5.85. The average molecular weight is 546 g/mol. The lowest BCUT2D eigenvalue weighted by Gasteiger charge is -2.22. The number of carbonyl (C=O) groups excluding carboxylic acids is 1. The smallest absolute Gasteiger partial charge is 0.283 e. The fourth-order valence-electron chi connectivity index (χ4n) is 4.16. The minimum absolute atomic E-state index is 0.0412. The summed E-state index contributed by atoms with van der Waals surface area (Å²) in [5.41, 5.74) is 4.61. The number of hydrogen-bond acceptors (Lipinski definition) is 5. The summed E-state index contributed by atoms with van der Waals surface area (Å²) in [6.45, 7) is 5.19. The van der Waals surface area contributed by atoms with E-state index in [-0.39, 0.29) is 10.6 Å². The Bertz CT molecular complexity index is 1640. The van der Waals surface area contributed by atoms with Gasteiger partial charge in [-0.15, -0.1) is 0 Å². The topological polar surface area (TPSA) is 106 Å². The van der Waals surface area contributed by atoms with E-state index in [1.165, 1.54) is 28.6 Å². The third-order valence-electron chi connectivity index (χ3n) is 6.40. The lowest BCUT2D eigenvalue weighted by molar-refractivity contribution is -0.119. The maximum atomic E-state index is 13.8.